The van der Waals surface area contributed by atoms with E-state index in [1.807, 2.05) is 0 Å². The molecule has 0 unspecified atom stereocenters. The van der Waals surface area contributed by atoms with Gasteiger partial charge < -0.3 is 19.9 Å². The number of rotatable bonds is 9. The van der Waals surface area contributed by atoms with Gasteiger partial charge in [0.2, 0.25) is 11.0 Å². The van der Waals surface area contributed by atoms with Crippen LogP contribution in [0.3, 0.4) is 0 Å². The van der Waals surface area contributed by atoms with Crippen molar-refractivity contribution in [3.63, 3.8) is 0 Å². The third-order valence-electron chi connectivity index (χ3n) is 2.89. The second kappa shape index (κ2) is 8.82. The Hall–Kier alpha value is -2.68. The molecule has 1 aromatic heterocycles. The van der Waals surface area contributed by atoms with E-state index in [1.54, 1.807) is 31.4 Å². The van der Waals surface area contributed by atoms with Gasteiger partial charge in [0.25, 0.3) is 0 Å². The van der Waals surface area contributed by atoms with Crippen molar-refractivity contribution in [2.24, 2.45) is 0 Å². The Labute approximate surface area is 142 Å². The summed E-state index contributed by atoms with van der Waals surface area (Å²) in [7, 11) is 1.59. The van der Waals surface area contributed by atoms with E-state index in [4.69, 9.17) is 14.6 Å². The molecule has 0 bridgehead atoms. The predicted molar refractivity (Wildman–Crippen MR) is 87.6 cm³/mol. The van der Waals surface area contributed by atoms with E-state index >= 15 is 0 Å². The number of hydrogen-bond donors (Lipinski definition) is 2. The van der Waals surface area contributed by atoms with E-state index < -0.39 is 5.97 Å². The van der Waals surface area contributed by atoms with E-state index in [-0.39, 0.29) is 18.7 Å². The van der Waals surface area contributed by atoms with Gasteiger partial charge in [-0.2, -0.15) is 0 Å². The van der Waals surface area contributed by atoms with Gasteiger partial charge in [0, 0.05) is 6.42 Å². The van der Waals surface area contributed by atoms with Crippen molar-refractivity contribution in [2.75, 3.05) is 19.0 Å². The lowest BCUT2D eigenvalue weighted by Crippen LogP contribution is -2.12. The second-order valence-electron chi connectivity index (χ2n) is 4.75. The molecule has 0 saturated heterocycles. The highest BCUT2D eigenvalue weighted by Crippen LogP contribution is 2.18. The van der Waals surface area contributed by atoms with Crippen LogP contribution in [0.1, 0.15) is 17.8 Å². The lowest BCUT2D eigenvalue weighted by Gasteiger charge is -2.06. The molecule has 0 saturated carbocycles. The highest BCUT2D eigenvalue weighted by molar-refractivity contribution is 7.15. The Morgan fingerprint density at radius 3 is 2.58 bits per heavy atom. The Balaban J connectivity index is 1.67. The maximum absolute atomic E-state index is 11.8. The molecule has 9 heteroatoms. The lowest BCUT2D eigenvalue weighted by molar-refractivity contribution is -0.136. The molecule has 2 N–H and O–H groups in total. The van der Waals surface area contributed by atoms with Crippen LogP contribution >= 0.6 is 11.3 Å². The number of methoxy groups -OCH3 is 1. The number of aromatic nitrogens is 2. The van der Waals surface area contributed by atoms with Crippen LogP contribution in [0, 0.1) is 0 Å². The summed E-state index contributed by atoms with van der Waals surface area (Å²) in [5.41, 5.74) is 0. The first-order valence-electron chi connectivity index (χ1n) is 7.17. The first-order valence-corrected chi connectivity index (χ1v) is 7.99. The van der Waals surface area contributed by atoms with Crippen LogP contribution in [0.25, 0.3) is 0 Å². The Bertz CT molecular complexity index is 687. The number of carbonyl (C=O) groups excluding carboxylic acids is 1. The fraction of sp³-hybridized carbons (Fsp3) is 0.333. The van der Waals surface area contributed by atoms with E-state index in [0.29, 0.717) is 28.9 Å². The van der Waals surface area contributed by atoms with Gasteiger partial charge in [-0.3, -0.25) is 9.59 Å². The topological polar surface area (TPSA) is 111 Å². The molecular formula is C15H17N3O5S. The number of benzene rings is 1. The molecule has 2 aromatic rings. The van der Waals surface area contributed by atoms with Crippen molar-refractivity contribution in [2.45, 2.75) is 19.3 Å². The van der Waals surface area contributed by atoms with Gasteiger partial charge in [-0.15, -0.1) is 10.2 Å². The van der Waals surface area contributed by atoms with Crippen molar-refractivity contribution in [3.05, 3.63) is 29.3 Å². The number of carbonyl (C=O) groups is 2. The van der Waals surface area contributed by atoms with Crippen molar-refractivity contribution < 1.29 is 24.2 Å². The average molecular weight is 351 g/mol. The molecule has 0 aliphatic rings. The number of nitrogens with zero attached hydrogens (tertiary/aromatic N) is 2. The van der Waals surface area contributed by atoms with Gasteiger partial charge in [-0.1, -0.05) is 11.3 Å². The number of nitrogens with one attached hydrogen (secondary N) is 1. The fourth-order valence-corrected chi connectivity index (χ4v) is 2.53. The minimum atomic E-state index is -0.986. The van der Waals surface area contributed by atoms with Crippen molar-refractivity contribution in [3.8, 4) is 11.5 Å². The lowest BCUT2D eigenvalue weighted by atomic mass is 10.3. The van der Waals surface area contributed by atoms with Crippen LogP contribution in [0.5, 0.6) is 11.5 Å². The predicted octanol–water partition coefficient (Wildman–Crippen LogP) is 1.97. The molecule has 0 spiro atoms. The molecule has 0 radical (unpaired) electrons. The second-order valence-corrected chi connectivity index (χ2v) is 5.81. The summed E-state index contributed by atoms with van der Waals surface area (Å²) >= 11 is 1.05. The zero-order valence-corrected chi connectivity index (χ0v) is 13.8. The summed E-state index contributed by atoms with van der Waals surface area (Å²) in [5, 5.41) is 19.3. The van der Waals surface area contributed by atoms with Crippen LogP contribution in [-0.4, -0.2) is 40.9 Å². The molecule has 0 fully saturated rings. The standard InChI is InChI=1S/C15H17N3O5S/c1-22-10-4-6-11(7-5-10)23-8-2-3-12(19)16-15-18-17-13(24-15)9-14(20)21/h4-7H,2-3,8-9H2,1H3,(H,20,21)(H,16,18,19). The molecule has 128 valence electrons. The van der Waals surface area contributed by atoms with Crippen LogP contribution in [-0.2, 0) is 16.0 Å². The molecule has 1 heterocycles. The third kappa shape index (κ3) is 5.84. The van der Waals surface area contributed by atoms with E-state index in [9.17, 15) is 9.59 Å². The largest absolute Gasteiger partial charge is 0.497 e. The van der Waals surface area contributed by atoms with E-state index in [1.165, 1.54) is 0 Å². The van der Waals surface area contributed by atoms with Crippen molar-refractivity contribution in [1.82, 2.24) is 10.2 Å². The van der Waals surface area contributed by atoms with Gasteiger partial charge in [-0.25, -0.2) is 0 Å². The van der Waals surface area contributed by atoms with Crippen LogP contribution in [0.2, 0.25) is 0 Å². The van der Waals surface area contributed by atoms with Gasteiger partial charge >= 0.3 is 5.97 Å². The maximum Gasteiger partial charge on any atom is 0.310 e. The molecule has 0 atom stereocenters. The van der Waals surface area contributed by atoms with E-state index in [0.717, 1.165) is 17.1 Å². The monoisotopic (exact) mass is 351 g/mol. The number of carboxylic acids is 1. The Kier molecular flexibility index (Phi) is 6.50. The first-order chi connectivity index (χ1) is 11.6. The number of ether oxygens (including phenoxy) is 2. The number of carboxylic acid groups (broad SMARTS) is 1. The third-order valence-corrected chi connectivity index (χ3v) is 3.73. The summed E-state index contributed by atoms with van der Waals surface area (Å²) in [5.74, 6) is 0.255. The molecule has 0 aliphatic carbocycles. The summed E-state index contributed by atoms with van der Waals surface area (Å²) in [6.07, 6.45) is 0.603. The summed E-state index contributed by atoms with van der Waals surface area (Å²) in [6, 6.07) is 7.19. The Morgan fingerprint density at radius 1 is 1.21 bits per heavy atom. The smallest absolute Gasteiger partial charge is 0.310 e. The molecule has 1 amide bonds. The normalized spacial score (nSPS) is 10.2. The molecule has 1 aromatic carbocycles. The maximum atomic E-state index is 11.8. The van der Waals surface area contributed by atoms with Gasteiger partial charge in [-0.05, 0) is 30.7 Å². The highest BCUT2D eigenvalue weighted by atomic mass is 32.1. The first kappa shape index (κ1) is 17.7. The quantitative estimate of drug-likeness (QED) is 0.664. The summed E-state index contributed by atoms with van der Waals surface area (Å²) in [4.78, 5) is 22.3. The SMILES string of the molecule is COc1ccc(OCCCC(=O)Nc2nnc(CC(=O)O)s2)cc1. The van der Waals surface area contributed by atoms with Crippen LogP contribution < -0.4 is 14.8 Å². The number of amides is 1. The summed E-state index contributed by atoms with van der Waals surface area (Å²) in [6.45, 7) is 0.403. The highest BCUT2D eigenvalue weighted by Gasteiger charge is 2.10. The summed E-state index contributed by atoms with van der Waals surface area (Å²) < 4.78 is 10.6. The molecule has 24 heavy (non-hydrogen) atoms. The van der Waals surface area contributed by atoms with Crippen LogP contribution in [0.15, 0.2) is 24.3 Å². The average Bonchev–Trinajstić information content (AvgIpc) is 2.98. The Morgan fingerprint density at radius 2 is 1.92 bits per heavy atom. The molecule has 2 rings (SSSR count). The molecule has 8 nitrogen and oxygen atoms in total. The number of aliphatic carboxylic acids is 1. The van der Waals surface area contributed by atoms with Crippen molar-refractivity contribution in [1.29, 1.82) is 0 Å². The van der Waals surface area contributed by atoms with Gasteiger partial charge in [0.15, 0.2) is 0 Å². The zero-order valence-electron chi connectivity index (χ0n) is 13.0. The number of anilines is 1. The number of hydrogen-bond acceptors (Lipinski definition) is 7. The minimum Gasteiger partial charge on any atom is -0.497 e. The minimum absolute atomic E-state index is 0.205. The van der Waals surface area contributed by atoms with Crippen LogP contribution in [0.4, 0.5) is 5.13 Å². The van der Waals surface area contributed by atoms with Gasteiger partial charge in [0.05, 0.1) is 20.1 Å². The zero-order chi connectivity index (χ0) is 17.4. The van der Waals surface area contributed by atoms with Gasteiger partial charge in [0.1, 0.15) is 16.5 Å². The fourth-order valence-electron chi connectivity index (χ4n) is 1.78. The molecular weight excluding hydrogens is 334 g/mol. The van der Waals surface area contributed by atoms with Crippen molar-refractivity contribution >= 4 is 28.3 Å². The molecule has 0 aliphatic heterocycles. The van der Waals surface area contributed by atoms with E-state index in [2.05, 4.69) is 15.5 Å².